The minimum atomic E-state index is -3.96. The number of ether oxygens (including phenoxy) is 2. The smallest absolute Gasteiger partial charge is 0.259 e. The van der Waals surface area contributed by atoms with Gasteiger partial charge in [0.25, 0.3) is 5.91 Å². The summed E-state index contributed by atoms with van der Waals surface area (Å²) in [6.45, 7) is 6.93. The van der Waals surface area contributed by atoms with Gasteiger partial charge in [0.15, 0.2) is 0 Å². The Morgan fingerprint density at radius 2 is 1.96 bits per heavy atom. The Kier molecular flexibility index (Phi) is 9.42. The van der Waals surface area contributed by atoms with E-state index in [1.165, 1.54) is 11.0 Å². The van der Waals surface area contributed by atoms with Crippen LogP contribution in [0.2, 0.25) is 0 Å². The van der Waals surface area contributed by atoms with Gasteiger partial charge in [-0.3, -0.25) is 19.1 Å². The zero-order chi connectivity index (χ0) is 35.3. The maximum atomic E-state index is 14.6. The summed E-state index contributed by atoms with van der Waals surface area (Å²) in [5.41, 5.74) is 5.60. The van der Waals surface area contributed by atoms with Crippen molar-refractivity contribution >= 4 is 38.6 Å². The van der Waals surface area contributed by atoms with Crippen LogP contribution in [-0.2, 0) is 24.4 Å². The van der Waals surface area contributed by atoms with E-state index in [1.807, 2.05) is 26.0 Å². The quantitative estimate of drug-likeness (QED) is 0.366. The summed E-state index contributed by atoms with van der Waals surface area (Å²) >= 11 is 0. The van der Waals surface area contributed by atoms with E-state index in [0.29, 0.717) is 41.5 Å². The van der Waals surface area contributed by atoms with Gasteiger partial charge in [-0.25, -0.2) is 17.8 Å². The Balaban J connectivity index is 1.31. The molecule has 2 aromatic rings. The Labute approximate surface area is 286 Å². The first-order chi connectivity index (χ1) is 23.1. The summed E-state index contributed by atoms with van der Waals surface area (Å²) in [7, 11) is -3.96. The van der Waals surface area contributed by atoms with Gasteiger partial charge in [0.05, 0.1) is 29.0 Å². The number of nitrogens with two attached hydrogens (primary N) is 1. The highest BCUT2D eigenvalue weighted by atomic mass is 32.2. The van der Waals surface area contributed by atoms with Crippen LogP contribution >= 0.6 is 0 Å². The third-order valence-electron chi connectivity index (χ3n) is 10.3. The molecule has 1 aromatic heterocycles. The molecule has 49 heavy (non-hydrogen) atoms. The maximum Gasteiger partial charge on any atom is 0.259 e. The fraction of sp³-hybridized carbons (Fsp3) is 0.600. The number of hydrogen-bond donors (Lipinski definition) is 3. The van der Waals surface area contributed by atoms with Crippen LogP contribution in [0.5, 0.6) is 11.6 Å². The van der Waals surface area contributed by atoms with Crippen molar-refractivity contribution in [2.24, 2.45) is 11.7 Å². The first-order valence-corrected chi connectivity index (χ1v) is 18.7. The number of amides is 3. The van der Waals surface area contributed by atoms with Gasteiger partial charge in [-0.05, 0) is 78.4 Å². The van der Waals surface area contributed by atoms with E-state index in [-0.39, 0.29) is 31.4 Å². The van der Waals surface area contributed by atoms with Crippen LogP contribution in [0.1, 0.15) is 84.1 Å². The highest BCUT2D eigenvalue weighted by Gasteiger charge is 2.63. The Morgan fingerprint density at radius 3 is 2.67 bits per heavy atom. The number of aromatic nitrogens is 1. The molecule has 5 atom stereocenters. The van der Waals surface area contributed by atoms with E-state index in [0.717, 1.165) is 25.7 Å². The molecule has 3 amide bonds. The molecule has 266 valence electrons. The van der Waals surface area contributed by atoms with Gasteiger partial charge in [-0.15, -0.1) is 0 Å². The van der Waals surface area contributed by atoms with Crippen LogP contribution in [0.25, 0.3) is 10.9 Å². The summed E-state index contributed by atoms with van der Waals surface area (Å²) < 4.78 is 54.2. The Hall–Kier alpha value is -3.78. The van der Waals surface area contributed by atoms with Crippen molar-refractivity contribution < 1.29 is 36.7 Å². The van der Waals surface area contributed by atoms with Gasteiger partial charge < -0.3 is 25.4 Å². The predicted molar refractivity (Wildman–Crippen MR) is 181 cm³/mol. The topological polar surface area (TPSA) is 170 Å². The number of carbonyl (C=O) groups excluding carboxylic acids is 3. The number of sulfonamides is 1. The van der Waals surface area contributed by atoms with E-state index < -0.39 is 68.0 Å². The monoisotopic (exact) mass is 699 g/mol. The molecule has 0 radical (unpaired) electrons. The number of allylic oxidation sites excluding steroid dienone is 1. The molecule has 3 heterocycles. The largest absolute Gasteiger partial charge is 0.488 e. The molecule has 3 fully saturated rings. The highest BCUT2D eigenvalue weighted by molar-refractivity contribution is 7.91. The number of pyridine rings is 1. The molecule has 4 N–H and O–H groups in total. The molecule has 0 spiro atoms. The molecule has 0 bridgehead atoms. The lowest BCUT2D eigenvalue weighted by atomic mass is 10.1. The molecular weight excluding hydrogens is 653 g/mol. The van der Waals surface area contributed by atoms with Gasteiger partial charge in [-0.1, -0.05) is 25.0 Å². The number of rotatable bonds is 7. The molecule has 2 saturated carbocycles. The lowest BCUT2D eigenvalue weighted by molar-refractivity contribution is -0.140. The fourth-order valence-corrected chi connectivity index (χ4v) is 8.08. The average molecular weight is 700 g/mol. The number of carbonyl (C=O) groups is 3. The van der Waals surface area contributed by atoms with Gasteiger partial charge in [0.2, 0.25) is 27.7 Å². The Bertz CT molecular complexity index is 1800. The van der Waals surface area contributed by atoms with E-state index in [9.17, 15) is 27.2 Å². The third kappa shape index (κ3) is 6.99. The minimum absolute atomic E-state index is 0.0320. The molecule has 1 saturated heterocycles. The number of nitrogens with zero attached hydrogens (tertiary/aromatic N) is 2. The van der Waals surface area contributed by atoms with Crippen molar-refractivity contribution in [1.29, 1.82) is 0 Å². The number of hydrogen-bond acceptors (Lipinski definition) is 9. The summed E-state index contributed by atoms with van der Waals surface area (Å²) in [5, 5.41) is 3.41. The molecular formula is C35H46FN5O7S. The normalized spacial score (nSPS) is 29.2. The lowest BCUT2D eigenvalue weighted by Gasteiger charge is -2.28. The van der Waals surface area contributed by atoms with Crippen LogP contribution in [0.4, 0.5) is 4.39 Å². The maximum absolute atomic E-state index is 14.6. The van der Waals surface area contributed by atoms with Crippen molar-refractivity contribution in [1.82, 2.24) is 19.9 Å². The molecule has 4 aliphatic rings. The van der Waals surface area contributed by atoms with Crippen molar-refractivity contribution in [3.05, 3.63) is 41.7 Å². The van der Waals surface area contributed by atoms with Crippen LogP contribution in [-0.4, -0.2) is 77.1 Å². The highest BCUT2D eigenvalue weighted by Crippen LogP contribution is 2.47. The third-order valence-corrected chi connectivity index (χ3v) is 12.4. The molecule has 2 aliphatic heterocycles. The minimum Gasteiger partial charge on any atom is -0.488 e. The second-order valence-electron chi connectivity index (χ2n) is 14.5. The van der Waals surface area contributed by atoms with Crippen molar-refractivity contribution in [3.63, 3.8) is 0 Å². The van der Waals surface area contributed by atoms with Crippen molar-refractivity contribution in [2.45, 2.75) is 120 Å². The van der Waals surface area contributed by atoms with Crippen LogP contribution < -0.4 is 25.2 Å². The van der Waals surface area contributed by atoms with Gasteiger partial charge in [0.1, 0.15) is 29.3 Å². The van der Waals surface area contributed by atoms with E-state index in [1.54, 1.807) is 26.0 Å². The van der Waals surface area contributed by atoms with Gasteiger partial charge in [-0.2, -0.15) is 0 Å². The van der Waals surface area contributed by atoms with Crippen LogP contribution in [0, 0.1) is 18.7 Å². The molecule has 12 nitrogen and oxygen atoms in total. The lowest BCUT2D eigenvalue weighted by Crippen LogP contribution is -2.58. The Morgan fingerprint density at radius 1 is 1.20 bits per heavy atom. The van der Waals surface area contributed by atoms with E-state index in [4.69, 9.17) is 15.2 Å². The number of halogens is 1. The summed E-state index contributed by atoms with van der Waals surface area (Å²) in [6.07, 6.45) is 7.77. The molecule has 14 heteroatoms. The molecule has 2 aliphatic carbocycles. The van der Waals surface area contributed by atoms with E-state index in [2.05, 4.69) is 15.0 Å². The van der Waals surface area contributed by atoms with Crippen LogP contribution in [0.15, 0.2) is 30.4 Å². The predicted octanol–water partition coefficient (Wildman–Crippen LogP) is 3.54. The SMILES string of the molecule is Cc1c(F)ccc2c(O[C@@H]3C[C@H]4C(=O)N[C@]5(C(=O)NS(=O)(=O)C6(C)CC6)CC5/C=C\CCCCC[C@H](N)C(=O)N4C3)cc(OC(C)C)nc12. The number of nitrogens with one attached hydrogen (secondary N) is 2. The standard InChI is InChI=1S/C35H46FN5O7S/c1-20(2)47-29-17-28(24-12-13-25(36)21(3)30(24)38-29)48-23-16-27-31(42)39-35(33(44)40-49(45,46)34(4)14-15-34)18-22(35)10-8-6-5-7-9-11-26(37)32(43)41(27)19-23/h8,10,12-13,17,20,22-23,26-27H,5-7,9,11,14-16,18-19,37H2,1-4H3,(H,39,42)(H,40,44)/b10-8-/t22?,23-,26+,27+,35-/m1/s1. The van der Waals surface area contributed by atoms with Crippen LogP contribution in [0.3, 0.4) is 0 Å². The zero-order valence-corrected chi connectivity index (χ0v) is 29.3. The summed E-state index contributed by atoms with van der Waals surface area (Å²) in [4.78, 5) is 47.6. The molecule has 6 rings (SSSR count). The first-order valence-electron chi connectivity index (χ1n) is 17.2. The van der Waals surface area contributed by atoms with Crippen molar-refractivity contribution in [2.75, 3.05) is 6.54 Å². The van der Waals surface area contributed by atoms with Gasteiger partial charge in [0, 0.05) is 29.4 Å². The number of benzene rings is 1. The second-order valence-corrected chi connectivity index (χ2v) is 16.7. The zero-order valence-electron chi connectivity index (χ0n) is 28.5. The number of fused-ring (bicyclic) bond motifs is 3. The van der Waals surface area contributed by atoms with Gasteiger partial charge >= 0.3 is 0 Å². The summed E-state index contributed by atoms with van der Waals surface area (Å²) in [6, 6.07) is 2.63. The second kappa shape index (κ2) is 13.2. The van der Waals surface area contributed by atoms with Crippen molar-refractivity contribution in [3.8, 4) is 11.6 Å². The molecule has 1 aromatic carbocycles. The molecule has 1 unspecified atom stereocenters. The fourth-order valence-electron chi connectivity index (χ4n) is 6.77. The van der Waals surface area contributed by atoms with E-state index >= 15 is 0 Å². The average Bonchev–Trinajstić information content (AvgIpc) is 3.91. The summed E-state index contributed by atoms with van der Waals surface area (Å²) in [5.74, 6) is -2.02. The first kappa shape index (κ1) is 35.1. The number of aryl methyl sites for hydroxylation is 1.